The molecule has 1 fully saturated rings. The van der Waals surface area contributed by atoms with Crippen LogP contribution in [0.4, 0.5) is 0 Å². The Bertz CT molecular complexity index is 509. The molecule has 2 heterocycles. The number of carbonyl (C=O) groups excluding carboxylic acids is 1. The molecule has 0 radical (unpaired) electrons. The molecule has 3 nitrogen and oxygen atoms in total. The summed E-state index contributed by atoms with van der Waals surface area (Å²) in [5.74, 6) is 0.145. The van der Waals surface area contributed by atoms with E-state index in [-0.39, 0.29) is 5.91 Å². The third-order valence-electron chi connectivity index (χ3n) is 4.22. The molecule has 0 aliphatic carbocycles. The van der Waals surface area contributed by atoms with Gasteiger partial charge in [-0.05, 0) is 54.6 Å². The average molecular weight is 279 g/mol. The summed E-state index contributed by atoms with van der Waals surface area (Å²) >= 11 is 6.26. The van der Waals surface area contributed by atoms with Crippen LogP contribution in [0, 0.1) is 0 Å². The molecule has 0 aromatic heterocycles. The Hall–Kier alpha value is -1.06. The molecule has 19 heavy (non-hydrogen) atoms. The molecule has 1 saturated heterocycles. The van der Waals surface area contributed by atoms with E-state index in [1.54, 1.807) is 6.92 Å². The van der Waals surface area contributed by atoms with E-state index in [9.17, 15) is 4.79 Å². The van der Waals surface area contributed by atoms with Crippen LogP contribution >= 0.6 is 11.6 Å². The second-order valence-electron chi connectivity index (χ2n) is 5.47. The first-order valence-electron chi connectivity index (χ1n) is 6.95. The van der Waals surface area contributed by atoms with E-state index < -0.39 is 0 Å². The van der Waals surface area contributed by atoms with Gasteiger partial charge in [0.1, 0.15) is 0 Å². The van der Waals surface area contributed by atoms with Gasteiger partial charge in [-0.1, -0.05) is 11.6 Å². The fourth-order valence-electron chi connectivity index (χ4n) is 3.22. The molecule has 0 unspecified atom stereocenters. The minimum absolute atomic E-state index is 0.145. The summed E-state index contributed by atoms with van der Waals surface area (Å²) in [7, 11) is 0. The van der Waals surface area contributed by atoms with E-state index in [0.717, 1.165) is 24.5 Å². The van der Waals surface area contributed by atoms with Gasteiger partial charge >= 0.3 is 0 Å². The van der Waals surface area contributed by atoms with E-state index >= 15 is 0 Å². The molecule has 2 aliphatic heterocycles. The number of carbonyl (C=O) groups is 1. The minimum atomic E-state index is 0.145. The zero-order valence-electron chi connectivity index (χ0n) is 11.2. The molecule has 4 heteroatoms. The number of nitrogens with one attached hydrogen (secondary N) is 1. The average Bonchev–Trinajstić information content (AvgIpc) is 2.90. The van der Waals surface area contributed by atoms with Crippen molar-refractivity contribution in [3.63, 3.8) is 0 Å². The van der Waals surface area contributed by atoms with Crippen LogP contribution in [0.25, 0.3) is 0 Å². The predicted molar refractivity (Wildman–Crippen MR) is 76.2 cm³/mol. The highest BCUT2D eigenvalue weighted by atomic mass is 35.5. The molecule has 102 valence electrons. The van der Waals surface area contributed by atoms with Crippen molar-refractivity contribution in [3.05, 3.63) is 33.8 Å². The van der Waals surface area contributed by atoms with Crippen LogP contribution in [-0.2, 0) is 17.8 Å². The number of hydrogen-bond acceptors (Lipinski definition) is 2. The molecule has 0 spiro atoms. The molecule has 1 N–H and O–H groups in total. The standard InChI is InChI=1S/C15H19ClN2O/c1-10(19)18-6-4-13-11(9-18)7-12(16)8-14(13)15-3-2-5-17-15/h7-8,15,17H,2-6,9H2,1H3/t15-/m0/s1. The molecule has 1 aromatic carbocycles. The van der Waals surface area contributed by atoms with E-state index in [4.69, 9.17) is 11.6 Å². The smallest absolute Gasteiger partial charge is 0.219 e. The Morgan fingerprint density at radius 3 is 3.00 bits per heavy atom. The monoisotopic (exact) mass is 278 g/mol. The van der Waals surface area contributed by atoms with Crippen molar-refractivity contribution < 1.29 is 4.79 Å². The summed E-state index contributed by atoms with van der Waals surface area (Å²) in [6.07, 6.45) is 3.36. The van der Waals surface area contributed by atoms with Gasteiger partial charge in [0.2, 0.25) is 5.91 Å². The van der Waals surface area contributed by atoms with Gasteiger partial charge in [0.05, 0.1) is 0 Å². The SMILES string of the molecule is CC(=O)N1CCc2c(cc(Cl)cc2[C@@H]2CCCN2)C1. The normalized spacial score (nSPS) is 22.4. The fourth-order valence-corrected chi connectivity index (χ4v) is 3.47. The quantitative estimate of drug-likeness (QED) is 0.857. The molecule has 2 aliphatic rings. The molecule has 1 atom stereocenters. The van der Waals surface area contributed by atoms with Gasteiger partial charge in [-0.2, -0.15) is 0 Å². The van der Waals surface area contributed by atoms with Gasteiger partial charge < -0.3 is 10.2 Å². The fraction of sp³-hybridized carbons (Fsp3) is 0.533. The number of benzene rings is 1. The lowest BCUT2D eigenvalue weighted by molar-refractivity contribution is -0.129. The second-order valence-corrected chi connectivity index (χ2v) is 5.91. The molecule has 1 amide bonds. The van der Waals surface area contributed by atoms with Crippen LogP contribution in [0.2, 0.25) is 5.02 Å². The van der Waals surface area contributed by atoms with E-state index in [1.165, 1.54) is 29.5 Å². The Morgan fingerprint density at radius 1 is 1.47 bits per heavy atom. The minimum Gasteiger partial charge on any atom is -0.338 e. The maximum atomic E-state index is 11.5. The van der Waals surface area contributed by atoms with Crippen molar-refractivity contribution >= 4 is 17.5 Å². The largest absolute Gasteiger partial charge is 0.338 e. The van der Waals surface area contributed by atoms with Crippen LogP contribution in [0.1, 0.15) is 42.5 Å². The molecular formula is C15H19ClN2O. The van der Waals surface area contributed by atoms with Crippen LogP contribution in [-0.4, -0.2) is 23.9 Å². The van der Waals surface area contributed by atoms with Gasteiger partial charge in [0, 0.05) is 31.1 Å². The summed E-state index contributed by atoms with van der Waals surface area (Å²) in [5.41, 5.74) is 3.97. The lowest BCUT2D eigenvalue weighted by Gasteiger charge is -2.31. The maximum Gasteiger partial charge on any atom is 0.219 e. The highest BCUT2D eigenvalue weighted by Crippen LogP contribution is 2.33. The van der Waals surface area contributed by atoms with Crippen molar-refractivity contribution in [1.82, 2.24) is 10.2 Å². The van der Waals surface area contributed by atoms with Crippen molar-refractivity contribution in [1.29, 1.82) is 0 Å². The lowest BCUT2D eigenvalue weighted by Crippen LogP contribution is -2.35. The van der Waals surface area contributed by atoms with Crippen molar-refractivity contribution in [2.75, 3.05) is 13.1 Å². The summed E-state index contributed by atoms with van der Waals surface area (Å²) in [4.78, 5) is 13.4. The molecule has 1 aromatic rings. The summed E-state index contributed by atoms with van der Waals surface area (Å²) < 4.78 is 0. The maximum absolute atomic E-state index is 11.5. The van der Waals surface area contributed by atoms with Gasteiger partial charge in [-0.25, -0.2) is 0 Å². The summed E-state index contributed by atoms with van der Waals surface area (Å²) in [6.45, 7) is 4.25. The zero-order chi connectivity index (χ0) is 13.4. The topological polar surface area (TPSA) is 32.3 Å². The highest BCUT2D eigenvalue weighted by Gasteiger charge is 2.25. The van der Waals surface area contributed by atoms with Crippen LogP contribution < -0.4 is 5.32 Å². The molecule has 0 saturated carbocycles. The first-order valence-corrected chi connectivity index (χ1v) is 7.33. The third kappa shape index (κ3) is 2.49. The Balaban J connectivity index is 1.97. The van der Waals surface area contributed by atoms with Crippen molar-refractivity contribution in [3.8, 4) is 0 Å². The molecular weight excluding hydrogens is 260 g/mol. The third-order valence-corrected chi connectivity index (χ3v) is 4.43. The van der Waals surface area contributed by atoms with Crippen molar-refractivity contribution in [2.24, 2.45) is 0 Å². The van der Waals surface area contributed by atoms with Gasteiger partial charge in [-0.15, -0.1) is 0 Å². The van der Waals surface area contributed by atoms with Gasteiger partial charge in [0.15, 0.2) is 0 Å². The molecule has 3 rings (SSSR count). The summed E-state index contributed by atoms with van der Waals surface area (Å²) in [5, 5.41) is 4.33. The van der Waals surface area contributed by atoms with Crippen molar-refractivity contribution in [2.45, 2.75) is 38.8 Å². The van der Waals surface area contributed by atoms with Crippen LogP contribution in [0.15, 0.2) is 12.1 Å². The number of rotatable bonds is 1. The number of hydrogen-bond donors (Lipinski definition) is 1. The number of nitrogens with zero attached hydrogens (tertiary/aromatic N) is 1. The van der Waals surface area contributed by atoms with E-state index in [1.807, 2.05) is 11.0 Å². The summed E-state index contributed by atoms with van der Waals surface area (Å²) in [6, 6.07) is 4.56. The number of halogens is 1. The number of amides is 1. The molecule has 0 bridgehead atoms. The van der Waals surface area contributed by atoms with Crippen LogP contribution in [0.3, 0.4) is 0 Å². The first kappa shape index (κ1) is 12.9. The second kappa shape index (κ2) is 5.14. The predicted octanol–water partition coefficient (Wildman–Crippen LogP) is 2.67. The van der Waals surface area contributed by atoms with Gasteiger partial charge in [-0.3, -0.25) is 4.79 Å². The zero-order valence-corrected chi connectivity index (χ0v) is 12.0. The Morgan fingerprint density at radius 2 is 2.32 bits per heavy atom. The van der Waals surface area contributed by atoms with E-state index in [2.05, 4.69) is 11.4 Å². The lowest BCUT2D eigenvalue weighted by atomic mass is 9.90. The first-order chi connectivity index (χ1) is 9.15. The van der Waals surface area contributed by atoms with Crippen LogP contribution in [0.5, 0.6) is 0 Å². The van der Waals surface area contributed by atoms with Gasteiger partial charge in [0.25, 0.3) is 0 Å². The Labute approximate surface area is 118 Å². The number of fused-ring (bicyclic) bond motifs is 1. The van der Waals surface area contributed by atoms with E-state index in [0.29, 0.717) is 12.6 Å². The Kier molecular flexibility index (Phi) is 3.50. The highest BCUT2D eigenvalue weighted by molar-refractivity contribution is 6.30.